The van der Waals surface area contributed by atoms with Crippen molar-refractivity contribution in [3.8, 4) is 0 Å². The fourth-order valence-corrected chi connectivity index (χ4v) is 3.30. The van der Waals surface area contributed by atoms with Gasteiger partial charge in [-0.1, -0.05) is 19.1 Å². The molecule has 0 saturated carbocycles. The van der Waals surface area contributed by atoms with Crippen LogP contribution in [-0.4, -0.2) is 39.0 Å². The van der Waals surface area contributed by atoms with Crippen molar-refractivity contribution in [3.05, 3.63) is 24.3 Å². The van der Waals surface area contributed by atoms with Crippen LogP contribution in [0, 0.1) is 0 Å². The number of sulfonamides is 1. The van der Waals surface area contributed by atoms with Crippen LogP contribution in [0.2, 0.25) is 0 Å². The molecule has 0 bridgehead atoms. The molecule has 19 heavy (non-hydrogen) atoms. The zero-order valence-electron chi connectivity index (χ0n) is 11.3. The molecule has 0 unspecified atom stereocenters. The molecule has 0 atom stereocenters. The third-order valence-electron chi connectivity index (χ3n) is 2.70. The third-order valence-corrected chi connectivity index (χ3v) is 4.73. The first-order valence-electron chi connectivity index (χ1n) is 6.21. The number of para-hydroxylation sites is 1. The van der Waals surface area contributed by atoms with Crippen molar-refractivity contribution >= 4 is 15.7 Å². The van der Waals surface area contributed by atoms with Gasteiger partial charge in [-0.25, -0.2) is 8.42 Å². The van der Waals surface area contributed by atoms with Gasteiger partial charge in [0.25, 0.3) is 0 Å². The Morgan fingerprint density at radius 1 is 1.32 bits per heavy atom. The van der Waals surface area contributed by atoms with Crippen LogP contribution >= 0.6 is 0 Å². The third kappa shape index (κ3) is 3.90. The fourth-order valence-electron chi connectivity index (χ4n) is 1.71. The number of likely N-dealkylation sites (N-methyl/N-ethyl adjacent to an activating group) is 1. The first kappa shape index (κ1) is 15.9. The Balaban J connectivity index is 2.99. The number of hydrogen-bond donors (Lipinski definition) is 2. The van der Waals surface area contributed by atoms with Gasteiger partial charge in [0, 0.05) is 19.7 Å². The van der Waals surface area contributed by atoms with E-state index in [0.29, 0.717) is 32.0 Å². The predicted octanol–water partition coefficient (Wildman–Crippen LogP) is 1.02. The van der Waals surface area contributed by atoms with E-state index in [-0.39, 0.29) is 4.90 Å². The SMILES string of the molecule is CCOCCN(CC)S(=O)(=O)c1ccccc1NN. The van der Waals surface area contributed by atoms with E-state index < -0.39 is 10.0 Å². The average molecular weight is 287 g/mol. The molecule has 0 aliphatic carbocycles. The monoisotopic (exact) mass is 287 g/mol. The van der Waals surface area contributed by atoms with Crippen LogP contribution in [0.15, 0.2) is 29.2 Å². The summed E-state index contributed by atoms with van der Waals surface area (Å²) in [6, 6.07) is 6.56. The molecule has 0 spiro atoms. The lowest BCUT2D eigenvalue weighted by atomic mass is 10.3. The molecule has 1 aromatic carbocycles. The van der Waals surface area contributed by atoms with Crippen LogP contribution in [0.4, 0.5) is 5.69 Å². The van der Waals surface area contributed by atoms with E-state index in [4.69, 9.17) is 10.6 Å². The van der Waals surface area contributed by atoms with Crippen LogP contribution in [0.25, 0.3) is 0 Å². The largest absolute Gasteiger partial charge is 0.380 e. The molecule has 0 radical (unpaired) electrons. The van der Waals surface area contributed by atoms with Crippen LogP contribution < -0.4 is 11.3 Å². The summed E-state index contributed by atoms with van der Waals surface area (Å²) >= 11 is 0. The number of nitrogens with one attached hydrogen (secondary N) is 1. The Hall–Kier alpha value is -1.15. The highest BCUT2D eigenvalue weighted by Gasteiger charge is 2.25. The zero-order valence-corrected chi connectivity index (χ0v) is 12.1. The highest BCUT2D eigenvalue weighted by Crippen LogP contribution is 2.23. The van der Waals surface area contributed by atoms with Gasteiger partial charge in [0.2, 0.25) is 10.0 Å². The molecule has 0 amide bonds. The van der Waals surface area contributed by atoms with E-state index >= 15 is 0 Å². The minimum Gasteiger partial charge on any atom is -0.380 e. The topological polar surface area (TPSA) is 84.7 Å². The van der Waals surface area contributed by atoms with E-state index in [0.717, 1.165) is 0 Å². The second-order valence-corrected chi connectivity index (χ2v) is 5.74. The number of rotatable bonds is 8. The molecule has 0 saturated heterocycles. The van der Waals surface area contributed by atoms with Crippen LogP contribution in [-0.2, 0) is 14.8 Å². The first-order valence-corrected chi connectivity index (χ1v) is 7.65. The Kier molecular flexibility index (Phi) is 6.23. The maximum atomic E-state index is 12.5. The van der Waals surface area contributed by atoms with Crippen molar-refractivity contribution in [2.24, 2.45) is 5.84 Å². The second-order valence-electron chi connectivity index (χ2n) is 3.83. The number of nitrogens with zero attached hydrogens (tertiary/aromatic N) is 1. The van der Waals surface area contributed by atoms with Crippen molar-refractivity contribution < 1.29 is 13.2 Å². The maximum Gasteiger partial charge on any atom is 0.245 e. The van der Waals surface area contributed by atoms with Gasteiger partial charge < -0.3 is 10.2 Å². The lowest BCUT2D eigenvalue weighted by Crippen LogP contribution is -2.34. The summed E-state index contributed by atoms with van der Waals surface area (Å²) in [6.45, 7) is 5.32. The Morgan fingerprint density at radius 2 is 2.00 bits per heavy atom. The number of anilines is 1. The number of ether oxygens (including phenoxy) is 1. The molecule has 1 rings (SSSR count). The number of nitrogens with two attached hydrogens (primary N) is 1. The van der Waals surface area contributed by atoms with Gasteiger partial charge in [0.1, 0.15) is 4.90 Å². The summed E-state index contributed by atoms with van der Waals surface area (Å²) < 4.78 is 31.6. The van der Waals surface area contributed by atoms with Gasteiger partial charge >= 0.3 is 0 Å². The van der Waals surface area contributed by atoms with E-state index in [1.807, 2.05) is 6.92 Å². The van der Waals surface area contributed by atoms with Gasteiger partial charge in [-0.05, 0) is 19.1 Å². The molecule has 0 aliphatic heterocycles. The highest BCUT2D eigenvalue weighted by molar-refractivity contribution is 7.89. The van der Waals surface area contributed by atoms with Crippen molar-refractivity contribution in [3.63, 3.8) is 0 Å². The van der Waals surface area contributed by atoms with Gasteiger partial charge in [-0.2, -0.15) is 4.31 Å². The molecule has 6 nitrogen and oxygen atoms in total. The first-order chi connectivity index (χ1) is 9.07. The van der Waals surface area contributed by atoms with E-state index in [2.05, 4.69) is 5.43 Å². The minimum atomic E-state index is -3.56. The molecule has 7 heteroatoms. The average Bonchev–Trinajstić information content (AvgIpc) is 2.43. The minimum absolute atomic E-state index is 0.177. The van der Waals surface area contributed by atoms with Crippen LogP contribution in [0.3, 0.4) is 0 Å². The lowest BCUT2D eigenvalue weighted by Gasteiger charge is -2.21. The van der Waals surface area contributed by atoms with Crippen molar-refractivity contribution in [1.82, 2.24) is 4.31 Å². The number of nitrogen functional groups attached to an aromatic ring is 1. The van der Waals surface area contributed by atoms with Gasteiger partial charge in [0.15, 0.2) is 0 Å². The molecule has 1 aromatic rings. The van der Waals surface area contributed by atoms with E-state index in [1.54, 1.807) is 25.1 Å². The van der Waals surface area contributed by atoms with E-state index in [1.165, 1.54) is 10.4 Å². The molecular formula is C12H21N3O3S. The summed E-state index contributed by atoms with van der Waals surface area (Å²) in [5.74, 6) is 5.35. The van der Waals surface area contributed by atoms with Crippen LogP contribution in [0.5, 0.6) is 0 Å². The molecule has 0 aromatic heterocycles. The van der Waals surface area contributed by atoms with Crippen molar-refractivity contribution in [2.75, 3.05) is 31.7 Å². The zero-order chi connectivity index (χ0) is 14.3. The predicted molar refractivity (Wildman–Crippen MR) is 75.2 cm³/mol. The number of benzene rings is 1. The number of hydrogen-bond acceptors (Lipinski definition) is 5. The van der Waals surface area contributed by atoms with Gasteiger partial charge in [-0.15, -0.1) is 0 Å². The Bertz CT molecular complexity index is 491. The molecule has 0 heterocycles. The summed E-state index contributed by atoms with van der Waals surface area (Å²) in [4.78, 5) is 0.177. The van der Waals surface area contributed by atoms with Crippen molar-refractivity contribution in [1.29, 1.82) is 0 Å². The van der Waals surface area contributed by atoms with Gasteiger partial charge in [0.05, 0.1) is 12.3 Å². The summed E-state index contributed by atoms with van der Waals surface area (Å²) in [5.41, 5.74) is 2.80. The van der Waals surface area contributed by atoms with Crippen LogP contribution in [0.1, 0.15) is 13.8 Å². The molecule has 3 N–H and O–H groups in total. The summed E-state index contributed by atoms with van der Waals surface area (Å²) in [7, 11) is -3.56. The summed E-state index contributed by atoms with van der Waals surface area (Å²) in [5, 5.41) is 0. The normalized spacial score (nSPS) is 11.8. The molecule has 0 aliphatic rings. The lowest BCUT2D eigenvalue weighted by molar-refractivity contribution is 0.135. The number of hydrazine groups is 1. The molecular weight excluding hydrogens is 266 g/mol. The Morgan fingerprint density at radius 3 is 2.58 bits per heavy atom. The highest BCUT2D eigenvalue weighted by atomic mass is 32.2. The quantitative estimate of drug-likeness (QED) is 0.423. The Labute approximate surface area is 114 Å². The second kappa shape index (κ2) is 7.44. The molecule has 108 valence electrons. The standard InChI is InChI=1S/C12H21N3O3S/c1-3-15(9-10-18-4-2)19(16,17)12-8-6-5-7-11(12)14-13/h5-8,14H,3-4,9-10,13H2,1-2H3. The van der Waals surface area contributed by atoms with Gasteiger partial charge in [-0.3, -0.25) is 5.84 Å². The van der Waals surface area contributed by atoms with Crippen molar-refractivity contribution in [2.45, 2.75) is 18.7 Å². The smallest absolute Gasteiger partial charge is 0.245 e. The maximum absolute atomic E-state index is 12.5. The fraction of sp³-hybridized carbons (Fsp3) is 0.500. The summed E-state index contributed by atoms with van der Waals surface area (Å²) in [6.07, 6.45) is 0. The molecule has 0 fully saturated rings. The van der Waals surface area contributed by atoms with E-state index in [9.17, 15) is 8.42 Å².